The highest BCUT2D eigenvalue weighted by Gasteiger charge is 2.35. The summed E-state index contributed by atoms with van der Waals surface area (Å²) in [5.41, 5.74) is 5.47. The highest BCUT2D eigenvalue weighted by molar-refractivity contribution is 9.09. The summed E-state index contributed by atoms with van der Waals surface area (Å²) in [5.74, 6) is -0.241. The first kappa shape index (κ1) is 20.0. The minimum atomic E-state index is -0.496. The molecule has 0 bridgehead atoms. The van der Waals surface area contributed by atoms with Gasteiger partial charge in [-0.1, -0.05) is 13.8 Å². The Kier molecular flexibility index (Phi) is 4.73. The fraction of sp³-hybridized carbons (Fsp3) is 0.318. The molecule has 0 spiro atoms. The van der Waals surface area contributed by atoms with Gasteiger partial charge in [-0.3, -0.25) is 9.59 Å². The van der Waals surface area contributed by atoms with E-state index in [0.717, 1.165) is 28.6 Å². The Labute approximate surface area is 185 Å². The van der Waals surface area contributed by atoms with Gasteiger partial charge in [-0.05, 0) is 39.9 Å². The Bertz CT molecular complexity index is 1320. The number of alkyl halides is 1. The lowest BCUT2D eigenvalue weighted by atomic mass is 9.93. The van der Waals surface area contributed by atoms with Gasteiger partial charge in [-0.2, -0.15) is 0 Å². The molecule has 31 heavy (non-hydrogen) atoms. The Morgan fingerprint density at radius 3 is 2.90 bits per heavy atom. The molecule has 9 heteroatoms. The Morgan fingerprint density at radius 2 is 2.19 bits per heavy atom. The van der Waals surface area contributed by atoms with Gasteiger partial charge in [0.15, 0.2) is 11.6 Å². The van der Waals surface area contributed by atoms with Gasteiger partial charge in [0.25, 0.3) is 12.0 Å². The molecule has 7 nitrogen and oxygen atoms in total. The van der Waals surface area contributed by atoms with Crippen LogP contribution in [0.15, 0.2) is 16.9 Å². The number of carbonyl (C=O) groups excluding carboxylic acids is 1. The average molecular weight is 488 g/mol. The topological polar surface area (TPSA) is 82.5 Å². The van der Waals surface area contributed by atoms with Gasteiger partial charge in [0.05, 0.1) is 45.8 Å². The number of hydrogen-bond donors (Lipinski definition) is 1. The zero-order valence-corrected chi connectivity index (χ0v) is 18.5. The monoisotopic (exact) mass is 487 g/mol. The zero-order valence-electron chi connectivity index (χ0n) is 16.9. The number of fused-ring (bicyclic) bond motifs is 4. The van der Waals surface area contributed by atoms with Gasteiger partial charge in [-0.15, -0.1) is 0 Å². The number of hydrogen-bond acceptors (Lipinski definition) is 6. The molecule has 160 valence electrons. The lowest BCUT2D eigenvalue weighted by Crippen LogP contribution is -2.26. The molecule has 5 rings (SSSR count). The Morgan fingerprint density at radius 1 is 1.39 bits per heavy atom. The minimum absolute atomic E-state index is 0.0677. The summed E-state index contributed by atoms with van der Waals surface area (Å²) in [6.45, 7) is 4.69. The van der Waals surface area contributed by atoms with E-state index in [4.69, 9.17) is 14.5 Å². The second-order valence-electron chi connectivity index (χ2n) is 7.72. The van der Waals surface area contributed by atoms with E-state index >= 15 is 0 Å². The van der Waals surface area contributed by atoms with E-state index < -0.39 is 5.82 Å². The van der Waals surface area contributed by atoms with E-state index in [1.165, 1.54) is 6.07 Å². The Balaban J connectivity index is 1.73. The second-order valence-corrected chi connectivity index (χ2v) is 8.18. The fourth-order valence-electron chi connectivity index (χ4n) is 4.44. The van der Waals surface area contributed by atoms with Crippen molar-refractivity contribution >= 4 is 44.7 Å². The summed E-state index contributed by atoms with van der Waals surface area (Å²) >= 11 is 3.16. The third-order valence-corrected chi connectivity index (χ3v) is 6.39. The smallest absolute Gasteiger partial charge is 0.293 e. The maximum atomic E-state index is 14.6. The van der Waals surface area contributed by atoms with Crippen molar-refractivity contribution in [2.24, 2.45) is 0 Å². The van der Waals surface area contributed by atoms with Crippen LogP contribution in [-0.4, -0.2) is 21.5 Å². The first-order valence-electron chi connectivity index (χ1n) is 9.97. The number of carbonyl (C=O) groups is 1. The van der Waals surface area contributed by atoms with Crippen LogP contribution in [0.1, 0.15) is 42.9 Å². The molecule has 0 aliphatic carbocycles. The summed E-state index contributed by atoms with van der Waals surface area (Å²) in [6.07, 6.45) is 0.826. The summed E-state index contributed by atoms with van der Waals surface area (Å²) in [7, 11) is 0. The molecule has 0 amide bonds. The molecule has 1 aromatic carbocycles. The lowest BCUT2D eigenvalue weighted by molar-refractivity contribution is -0.129. The highest BCUT2D eigenvalue weighted by Crippen LogP contribution is 2.53. The Hall–Kier alpha value is -2.94. The van der Waals surface area contributed by atoms with Crippen molar-refractivity contribution in [1.29, 1.82) is 0 Å². The van der Waals surface area contributed by atoms with Crippen molar-refractivity contribution < 1.29 is 18.7 Å². The van der Waals surface area contributed by atoms with Crippen molar-refractivity contribution in [3.63, 3.8) is 0 Å². The molecule has 1 N–H and O–H groups in total. The number of aromatic nitrogens is 2. The number of benzene rings is 1. The van der Waals surface area contributed by atoms with Gasteiger partial charge in [0, 0.05) is 11.6 Å². The van der Waals surface area contributed by atoms with Crippen molar-refractivity contribution in [1.82, 2.24) is 9.55 Å². The highest BCUT2D eigenvalue weighted by atomic mass is 79.9. The van der Waals surface area contributed by atoms with Gasteiger partial charge >= 0.3 is 0 Å². The van der Waals surface area contributed by atoms with Crippen molar-refractivity contribution in [2.45, 2.75) is 39.3 Å². The van der Waals surface area contributed by atoms with Crippen molar-refractivity contribution in [3.05, 3.63) is 45.0 Å². The fourth-order valence-corrected chi connectivity index (χ4v) is 4.67. The summed E-state index contributed by atoms with van der Waals surface area (Å²) in [6, 6.07) is 3.32. The SMILES string of the molecule is CC[C@@H](C)c1cc2n(c(=O)c1COC=O)Cc1c-2nc2cc(F)c(OCBr)c3c2c1N3. The van der Waals surface area contributed by atoms with Crippen molar-refractivity contribution in [3.8, 4) is 17.1 Å². The van der Waals surface area contributed by atoms with E-state index in [-0.39, 0.29) is 29.3 Å². The van der Waals surface area contributed by atoms with Crippen LogP contribution in [0.4, 0.5) is 15.8 Å². The number of halogens is 2. The van der Waals surface area contributed by atoms with E-state index in [2.05, 4.69) is 21.2 Å². The van der Waals surface area contributed by atoms with Crippen LogP contribution >= 0.6 is 15.9 Å². The summed E-state index contributed by atoms with van der Waals surface area (Å²) in [4.78, 5) is 28.8. The number of anilines is 2. The molecule has 2 aliphatic rings. The molecule has 4 heterocycles. The molecule has 1 atom stereocenters. The third kappa shape index (κ3) is 2.79. The molecule has 2 aliphatic heterocycles. The second kappa shape index (κ2) is 7.33. The van der Waals surface area contributed by atoms with Gasteiger partial charge in [0.1, 0.15) is 12.1 Å². The van der Waals surface area contributed by atoms with E-state index in [0.29, 0.717) is 41.2 Å². The van der Waals surface area contributed by atoms with Crippen LogP contribution < -0.4 is 15.6 Å². The van der Waals surface area contributed by atoms with Gasteiger partial charge < -0.3 is 19.4 Å². The van der Waals surface area contributed by atoms with E-state index in [9.17, 15) is 14.0 Å². The quantitative estimate of drug-likeness (QED) is 0.268. The van der Waals surface area contributed by atoms with Crippen LogP contribution in [0.3, 0.4) is 0 Å². The standard InChI is InChI=1S/C22H19BrFN3O4/c1-3-10(2)11-4-16-18-12(6-27(16)22(29)13(11)7-30-9-28)19-17-15(25-18)5-14(24)21(31-8-23)20(17)26-19/h4-5,9-10,26H,3,6-8H2,1-2H3/t10-/m1/s1. The molecule has 0 unspecified atom stereocenters. The first-order chi connectivity index (χ1) is 15.0. The van der Waals surface area contributed by atoms with Crippen molar-refractivity contribution in [2.75, 3.05) is 10.8 Å². The molecule has 2 aromatic heterocycles. The number of ether oxygens (including phenoxy) is 2. The third-order valence-electron chi connectivity index (χ3n) is 6.16. The molecule has 3 aromatic rings. The summed E-state index contributed by atoms with van der Waals surface area (Å²) in [5, 5.41) is 4.02. The molecular weight excluding hydrogens is 469 g/mol. The predicted molar refractivity (Wildman–Crippen MR) is 118 cm³/mol. The largest absolute Gasteiger partial charge is 0.477 e. The maximum absolute atomic E-state index is 14.6. The van der Waals surface area contributed by atoms with Gasteiger partial charge in [0.2, 0.25) is 0 Å². The van der Waals surface area contributed by atoms with Crippen LogP contribution in [0.2, 0.25) is 0 Å². The number of nitrogens with zero attached hydrogens (tertiary/aromatic N) is 2. The molecule has 0 saturated carbocycles. The molecule has 0 saturated heterocycles. The van der Waals surface area contributed by atoms with Crippen LogP contribution in [0.5, 0.6) is 5.75 Å². The minimum Gasteiger partial charge on any atom is -0.477 e. The van der Waals surface area contributed by atoms with E-state index in [1.54, 1.807) is 4.57 Å². The maximum Gasteiger partial charge on any atom is 0.293 e. The van der Waals surface area contributed by atoms with Crippen LogP contribution in [-0.2, 0) is 22.7 Å². The lowest BCUT2D eigenvalue weighted by Gasteiger charge is -2.27. The van der Waals surface area contributed by atoms with Gasteiger partial charge in [-0.25, -0.2) is 9.37 Å². The number of pyridine rings is 2. The zero-order chi connectivity index (χ0) is 21.9. The normalized spacial score (nSPS) is 13.8. The summed E-state index contributed by atoms with van der Waals surface area (Å²) < 4.78 is 26.5. The number of rotatable bonds is 7. The molecule has 0 fully saturated rings. The predicted octanol–water partition coefficient (Wildman–Crippen LogP) is 4.54. The van der Waals surface area contributed by atoms with E-state index in [1.807, 2.05) is 19.9 Å². The van der Waals surface area contributed by atoms with Crippen LogP contribution in [0.25, 0.3) is 22.3 Å². The first-order valence-corrected chi connectivity index (χ1v) is 11.1. The average Bonchev–Trinajstić information content (AvgIpc) is 3.09. The molecular formula is C22H19BrFN3O4. The van der Waals surface area contributed by atoms with Crippen LogP contribution in [0, 0.1) is 5.82 Å². The number of nitrogens with one attached hydrogen (secondary N) is 1. The molecule has 0 radical (unpaired) electrons.